The highest BCUT2D eigenvalue weighted by Gasteiger charge is 2.51. The van der Waals surface area contributed by atoms with Gasteiger partial charge in [0.2, 0.25) is 17.5 Å². The van der Waals surface area contributed by atoms with Crippen LogP contribution < -0.4 is 14.9 Å². The third-order valence-corrected chi connectivity index (χ3v) is 9.48. The largest absolute Gasteiger partial charge is 0.508 e. The molecule has 0 aliphatic carbocycles. The molecule has 3 aromatic rings. The van der Waals surface area contributed by atoms with Crippen LogP contribution in [0, 0.1) is 0 Å². The van der Waals surface area contributed by atoms with Gasteiger partial charge < -0.3 is 88.6 Å². The van der Waals surface area contributed by atoms with Crippen LogP contribution in [-0.4, -0.2) is 157 Å². The summed E-state index contributed by atoms with van der Waals surface area (Å²) in [5.74, 6) is -1.27. The minimum Gasteiger partial charge on any atom is -0.508 e. The lowest BCUT2D eigenvalue weighted by molar-refractivity contribution is -0.358. The Morgan fingerprint density at radius 2 is 1.32 bits per heavy atom. The Hall–Kier alpha value is -3.67. The summed E-state index contributed by atoms with van der Waals surface area (Å²) in [4.78, 5) is 13.9. The predicted octanol–water partition coefficient (Wildman–Crippen LogP) is -2.24. The van der Waals surface area contributed by atoms with E-state index in [4.69, 9.17) is 37.6 Å². The average Bonchev–Trinajstić information content (AvgIpc) is 3.13. The van der Waals surface area contributed by atoms with Gasteiger partial charge in [-0.15, -0.1) is 0 Å². The van der Waals surface area contributed by atoms with Gasteiger partial charge in [0.05, 0.1) is 25.9 Å². The topological polar surface area (TPSA) is 297 Å². The van der Waals surface area contributed by atoms with Crippen LogP contribution in [0.2, 0.25) is 0 Å². The molecule has 4 heterocycles. The number of phenols is 2. The minimum atomic E-state index is -1.96. The fourth-order valence-corrected chi connectivity index (χ4v) is 6.32. The highest BCUT2D eigenvalue weighted by atomic mass is 16.7. The van der Waals surface area contributed by atoms with E-state index in [9.17, 15) is 55.9 Å². The third kappa shape index (κ3) is 7.54. The second-order valence-corrected chi connectivity index (χ2v) is 13.1. The van der Waals surface area contributed by atoms with Crippen LogP contribution in [0.15, 0.2) is 45.6 Å². The van der Waals surface area contributed by atoms with E-state index in [1.807, 2.05) is 0 Å². The Morgan fingerprint density at radius 1 is 0.698 bits per heavy atom. The van der Waals surface area contributed by atoms with E-state index in [0.717, 1.165) is 0 Å². The minimum absolute atomic E-state index is 0.102. The molecule has 10 N–H and O–H groups in total. The summed E-state index contributed by atoms with van der Waals surface area (Å²) < 4.78 is 45.1. The molecule has 3 aliphatic heterocycles. The monoisotopic (exact) mass is 754 g/mol. The molecule has 19 nitrogen and oxygen atoms in total. The number of aliphatic hydroxyl groups excluding tert-OH is 8. The summed E-state index contributed by atoms with van der Waals surface area (Å²) >= 11 is 0. The lowest BCUT2D eigenvalue weighted by Gasteiger charge is -2.46. The summed E-state index contributed by atoms with van der Waals surface area (Å²) in [7, 11) is 1.34. The van der Waals surface area contributed by atoms with Gasteiger partial charge >= 0.3 is 0 Å². The summed E-state index contributed by atoms with van der Waals surface area (Å²) in [6.45, 7) is 2.19. The molecule has 15 atom stereocenters. The molecule has 0 amide bonds. The maximum Gasteiger partial charge on any atom is 0.239 e. The highest BCUT2D eigenvalue weighted by Crippen LogP contribution is 2.38. The van der Waals surface area contributed by atoms with Crippen LogP contribution in [0.4, 0.5) is 0 Å². The number of hydrogen-bond donors (Lipinski definition) is 10. The van der Waals surface area contributed by atoms with Crippen LogP contribution in [0.25, 0.3) is 22.3 Å². The van der Waals surface area contributed by atoms with Gasteiger partial charge in [-0.2, -0.15) is 0 Å². The normalized spacial score (nSPS) is 37.8. The maximum absolute atomic E-state index is 13.9. The molecule has 3 fully saturated rings. The Bertz CT molecular complexity index is 1780. The van der Waals surface area contributed by atoms with Gasteiger partial charge in [-0.1, -0.05) is 0 Å². The lowest BCUT2D eigenvalue weighted by atomic mass is 9.97. The Labute approximate surface area is 300 Å². The number of aromatic hydroxyl groups is 2. The fourth-order valence-electron chi connectivity index (χ4n) is 6.32. The van der Waals surface area contributed by atoms with E-state index in [-0.39, 0.29) is 33.8 Å². The number of phenolic OH excluding ortho intramolecular Hbond substituents is 2. The lowest BCUT2D eigenvalue weighted by Crippen LogP contribution is -2.64. The van der Waals surface area contributed by atoms with Gasteiger partial charge in [0.15, 0.2) is 18.3 Å². The van der Waals surface area contributed by atoms with Crippen LogP contribution in [0.3, 0.4) is 0 Å². The van der Waals surface area contributed by atoms with E-state index >= 15 is 0 Å². The summed E-state index contributed by atoms with van der Waals surface area (Å²) in [6, 6.07) is 7.93. The Morgan fingerprint density at radius 3 is 2.00 bits per heavy atom. The second kappa shape index (κ2) is 15.6. The van der Waals surface area contributed by atoms with Gasteiger partial charge in [0, 0.05) is 17.7 Å². The smallest absolute Gasteiger partial charge is 0.239 e. The molecule has 19 heteroatoms. The van der Waals surface area contributed by atoms with Gasteiger partial charge in [-0.05, 0) is 38.1 Å². The molecule has 292 valence electrons. The Balaban J connectivity index is 1.23. The number of methoxy groups -OCH3 is 1. The first-order valence-corrected chi connectivity index (χ1v) is 16.6. The zero-order valence-corrected chi connectivity index (χ0v) is 28.5. The highest BCUT2D eigenvalue weighted by molar-refractivity contribution is 5.88. The molecule has 53 heavy (non-hydrogen) atoms. The van der Waals surface area contributed by atoms with Crippen molar-refractivity contribution in [2.75, 3.05) is 13.7 Å². The van der Waals surface area contributed by atoms with E-state index in [2.05, 4.69) is 0 Å². The zero-order chi connectivity index (χ0) is 38.5. The number of hydrogen-bond acceptors (Lipinski definition) is 19. The van der Waals surface area contributed by atoms with Crippen molar-refractivity contribution in [3.63, 3.8) is 0 Å². The first-order valence-electron chi connectivity index (χ1n) is 16.6. The number of rotatable bonds is 9. The molecular formula is C34H42O19. The first-order chi connectivity index (χ1) is 25.1. The SMILES string of the molecule is COc1cc(O)c2c(=O)c(OC3OC(COC4OC(C)C(O)C(OC5OC(C)C(O)C(O)C5O)C4O)C(O)C(O)C3O)c(-c3ccc(O)cc3)oc2c1. The fraction of sp³-hybridized carbons (Fsp3) is 0.559. The van der Waals surface area contributed by atoms with Crippen LogP contribution in [0.1, 0.15) is 13.8 Å². The van der Waals surface area contributed by atoms with Crippen molar-refractivity contribution in [2.24, 2.45) is 0 Å². The van der Waals surface area contributed by atoms with Crippen LogP contribution >= 0.6 is 0 Å². The molecule has 0 spiro atoms. The molecule has 3 saturated heterocycles. The quantitative estimate of drug-likeness (QED) is 0.110. The molecule has 3 aliphatic rings. The summed E-state index contributed by atoms with van der Waals surface area (Å²) in [6.07, 6.45) is -23.9. The number of fused-ring (bicyclic) bond motifs is 1. The first kappa shape index (κ1) is 39.0. The number of ether oxygens (including phenoxy) is 7. The zero-order valence-electron chi connectivity index (χ0n) is 28.5. The summed E-state index contributed by atoms with van der Waals surface area (Å²) in [5.41, 5.74) is -0.804. The Kier molecular flexibility index (Phi) is 11.5. The van der Waals surface area contributed by atoms with Gasteiger partial charge in [-0.25, -0.2) is 0 Å². The molecule has 1 aromatic heterocycles. The van der Waals surface area contributed by atoms with Crippen molar-refractivity contribution in [3.05, 3.63) is 46.6 Å². The van der Waals surface area contributed by atoms with Crippen molar-refractivity contribution in [3.8, 4) is 34.3 Å². The average molecular weight is 755 g/mol. The van der Waals surface area contributed by atoms with Crippen molar-refractivity contribution in [1.82, 2.24) is 0 Å². The van der Waals surface area contributed by atoms with Crippen LogP contribution in [0.5, 0.6) is 23.0 Å². The van der Waals surface area contributed by atoms with Gasteiger partial charge in [-0.3, -0.25) is 4.79 Å². The van der Waals surface area contributed by atoms with E-state index < -0.39 is 116 Å². The van der Waals surface area contributed by atoms with Crippen LogP contribution in [-0.2, 0) is 23.7 Å². The standard InChI is InChI=1S/C34H42O19/c1-11-20(37)24(41)26(43)33(49-11)52-30-21(38)12(2)48-32(28(30)45)47-10-18-22(39)25(42)27(44)34(51-18)53-31-23(40)19-16(36)8-15(46-3)9-17(19)50-29(31)13-4-6-14(35)7-5-13/h4-9,11-12,18,20-22,24-28,30,32-39,41-45H,10H2,1-3H3. The molecular weight excluding hydrogens is 712 g/mol. The number of aliphatic hydroxyl groups is 8. The van der Waals surface area contributed by atoms with Gasteiger partial charge in [0.1, 0.15) is 89.3 Å². The molecule has 15 unspecified atom stereocenters. The molecule has 6 rings (SSSR count). The predicted molar refractivity (Wildman–Crippen MR) is 175 cm³/mol. The second-order valence-electron chi connectivity index (χ2n) is 13.1. The molecule has 0 bridgehead atoms. The molecule has 0 radical (unpaired) electrons. The summed E-state index contributed by atoms with van der Waals surface area (Å²) in [5, 5.41) is 105. The van der Waals surface area contributed by atoms with E-state index in [1.165, 1.54) is 57.4 Å². The molecule has 2 aromatic carbocycles. The van der Waals surface area contributed by atoms with Crippen molar-refractivity contribution < 1.29 is 88.6 Å². The van der Waals surface area contributed by atoms with E-state index in [0.29, 0.717) is 0 Å². The third-order valence-electron chi connectivity index (χ3n) is 9.48. The van der Waals surface area contributed by atoms with E-state index in [1.54, 1.807) is 0 Å². The maximum atomic E-state index is 13.9. The number of benzene rings is 2. The van der Waals surface area contributed by atoms with Crippen molar-refractivity contribution in [1.29, 1.82) is 0 Å². The van der Waals surface area contributed by atoms with Crippen molar-refractivity contribution >= 4 is 11.0 Å². The molecule has 0 saturated carbocycles. The van der Waals surface area contributed by atoms with Gasteiger partial charge in [0.25, 0.3) is 0 Å². The van der Waals surface area contributed by atoms with Crippen molar-refractivity contribution in [2.45, 2.75) is 106 Å².